The minimum atomic E-state index is 0.318. The number of methoxy groups -OCH3 is 1. The highest BCUT2D eigenvalue weighted by Crippen LogP contribution is 2.48. The largest absolute Gasteiger partial charge is 0.496 e. The molecule has 0 spiro atoms. The van der Waals surface area contributed by atoms with E-state index < -0.39 is 0 Å². The summed E-state index contributed by atoms with van der Waals surface area (Å²) in [5, 5.41) is 3.63. The summed E-state index contributed by atoms with van der Waals surface area (Å²) in [5.74, 6) is 1.85. The number of benzene rings is 1. The van der Waals surface area contributed by atoms with E-state index in [-0.39, 0.29) is 0 Å². The van der Waals surface area contributed by atoms with Crippen LogP contribution in [0.3, 0.4) is 0 Å². The zero-order chi connectivity index (χ0) is 14.8. The van der Waals surface area contributed by atoms with Crippen LogP contribution < -0.4 is 10.1 Å². The predicted molar refractivity (Wildman–Crippen MR) is 88.4 cm³/mol. The Hall–Kier alpha value is -0.540. The third-order valence-electron chi connectivity index (χ3n) is 4.31. The number of hydrogen-bond donors (Lipinski definition) is 1. The van der Waals surface area contributed by atoms with Gasteiger partial charge in [0, 0.05) is 17.1 Å². The van der Waals surface area contributed by atoms with Gasteiger partial charge in [0.15, 0.2) is 0 Å². The fraction of sp³-hybridized carbons (Fsp3) is 0.647. The van der Waals surface area contributed by atoms with E-state index in [9.17, 15) is 0 Å². The average molecular weight is 340 g/mol. The molecular formula is C17H26BrNO. The lowest BCUT2D eigenvalue weighted by molar-refractivity contribution is 0.245. The molecule has 20 heavy (non-hydrogen) atoms. The first-order chi connectivity index (χ1) is 9.44. The van der Waals surface area contributed by atoms with Gasteiger partial charge in [-0.1, -0.05) is 36.7 Å². The van der Waals surface area contributed by atoms with Gasteiger partial charge in [-0.2, -0.15) is 0 Å². The van der Waals surface area contributed by atoms with Crippen molar-refractivity contribution in [1.29, 1.82) is 0 Å². The molecule has 0 aromatic heterocycles. The SMILES string of the molecule is COc1ccc(Br)cc1CC(C)(CNC(C)C)C1CC1. The Morgan fingerprint density at radius 2 is 2.10 bits per heavy atom. The van der Waals surface area contributed by atoms with Crippen LogP contribution in [0.5, 0.6) is 5.75 Å². The molecule has 1 aromatic rings. The Labute approximate surface area is 131 Å². The van der Waals surface area contributed by atoms with Gasteiger partial charge < -0.3 is 10.1 Å². The third-order valence-corrected chi connectivity index (χ3v) is 4.81. The van der Waals surface area contributed by atoms with Crippen molar-refractivity contribution in [3.63, 3.8) is 0 Å². The summed E-state index contributed by atoms with van der Waals surface area (Å²) in [6.45, 7) is 7.92. The van der Waals surface area contributed by atoms with Gasteiger partial charge in [0.25, 0.3) is 0 Å². The van der Waals surface area contributed by atoms with Crippen molar-refractivity contribution in [3.8, 4) is 5.75 Å². The highest BCUT2D eigenvalue weighted by atomic mass is 79.9. The minimum Gasteiger partial charge on any atom is -0.496 e. The summed E-state index contributed by atoms with van der Waals surface area (Å²) < 4.78 is 6.66. The highest BCUT2D eigenvalue weighted by molar-refractivity contribution is 9.10. The number of halogens is 1. The second-order valence-electron chi connectivity index (χ2n) is 6.60. The van der Waals surface area contributed by atoms with Crippen LogP contribution in [0.15, 0.2) is 22.7 Å². The topological polar surface area (TPSA) is 21.3 Å². The summed E-state index contributed by atoms with van der Waals surface area (Å²) in [5.41, 5.74) is 1.63. The monoisotopic (exact) mass is 339 g/mol. The molecule has 1 aliphatic carbocycles. The molecule has 1 aliphatic rings. The van der Waals surface area contributed by atoms with Gasteiger partial charge in [0.05, 0.1) is 7.11 Å². The lowest BCUT2D eigenvalue weighted by Crippen LogP contribution is -2.38. The zero-order valence-corrected chi connectivity index (χ0v) is 14.6. The van der Waals surface area contributed by atoms with Crippen LogP contribution >= 0.6 is 15.9 Å². The Balaban J connectivity index is 2.17. The molecule has 2 nitrogen and oxygen atoms in total. The van der Waals surface area contributed by atoms with Crippen LogP contribution in [-0.2, 0) is 6.42 Å². The second-order valence-corrected chi connectivity index (χ2v) is 7.51. The van der Waals surface area contributed by atoms with E-state index in [1.54, 1.807) is 7.11 Å². The van der Waals surface area contributed by atoms with Crippen molar-refractivity contribution >= 4 is 15.9 Å². The zero-order valence-electron chi connectivity index (χ0n) is 13.0. The quantitative estimate of drug-likeness (QED) is 0.794. The molecule has 0 aliphatic heterocycles. The molecule has 0 radical (unpaired) electrons. The Morgan fingerprint density at radius 3 is 2.65 bits per heavy atom. The molecule has 1 saturated carbocycles. The Bertz CT molecular complexity index is 456. The van der Waals surface area contributed by atoms with E-state index >= 15 is 0 Å². The van der Waals surface area contributed by atoms with Crippen LogP contribution in [-0.4, -0.2) is 19.7 Å². The van der Waals surface area contributed by atoms with Gasteiger partial charge in [-0.25, -0.2) is 0 Å². The first kappa shape index (κ1) is 15.8. The fourth-order valence-corrected chi connectivity index (χ4v) is 3.30. The maximum Gasteiger partial charge on any atom is 0.122 e. The van der Waals surface area contributed by atoms with Gasteiger partial charge in [-0.05, 0) is 54.4 Å². The molecule has 1 unspecified atom stereocenters. The van der Waals surface area contributed by atoms with Crippen LogP contribution in [0.4, 0.5) is 0 Å². The van der Waals surface area contributed by atoms with Crippen LogP contribution in [0.2, 0.25) is 0 Å². The standard InChI is InChI=1S/C17H26BrNO/c1-12(2)19-11-17(3,14-5-6-14)10-13-9-15(18)7-8-16(13)20-4/h7-9,12,14,19H,5-6,10-11H2,1-4H3. The van der Waals surface area contributed by atoms with E-state index in [0.717, 1.165) is 29.1 Å². The molecule has 0 heterocycles. The second kappa shape index (κ2) is 6.48. The van der Waals surface area contributed by atoms with Crippen molar-refractivity contribution in [2.45, 2.75) is 46.1 Å². The molecule has 0 amide bonds. The van der Waals surface area contributed by atoms with Crippen molar-refractivity contribution in [3.05, 3.63) is 28.2 Å². The molecule has 1 N–H and O–H groups in total. The molecule has 3 heteroatoms. The first-order valence-corrected chi connectivity index (χ1v) is 8.30. The van der Waals surface area contributed by atoms with Crippen molar-refractivity contribution < 1.29 is 4.74 Å². The van der Waals surface area contributed by atoms with Gasteiger partial charge in [0.2, 0.25) is 0 Å². The van der Waals surface area contributed by atoms with Crippen molar-refractivity contribution in [1.82, 2.24) is 5.32 Å². The van der Waals surface area contributed by atoms with E-state index in [1.165, 1.54) is 18.4 Å². The van der Waals surface area contributed by atoms with Crippen molar-refractivity contribution in [2.24, 2.45) is 11.3 Å². The summed E-state index contributed by atoms with van der Waals surface area (Å²) in [4.78, 5) is 0. The highest BCUT2D eigenvalue weighted by Gasteiger charge is 2.41. The van der Waals surface area contributed by atoms with Gasteiger partial charge in [-0.15, -0.1) is 0 Å². The molecule has 2 rings (SSSR count). The molecule has 1 fully saturated rings. The van der Waals surface area contributed by atoms with Crippen LogP contribution in [0.1, 0.15) is 39.2 Å². The Morgan fingerprint density at radius 1 is 1.40 bits per heavy atom. The normalized spacial score (nSPS) is 18.1. The van der Waals surface area contributed by atoms with Crippen LogP contribution in [0.25, 0.3) is 0 Å². The van der Waals surface area contributed by atoms with Gasteiger partial charge in [-0.3, -0.25) is 0 Å². The van der Waals surface area contributed by atoms with Crippen molar-refractivity contribution in [2.75, 3.05) is 13.7 Å². The van der Waals surface area contributed by atoms with E-state index in [0.29, 0.717) is 11.5 Å². The smallest absolute Gasteiger partial charge is 0.122 e. The van der Waals surface area contributed by atoms with Crippen LogP contribution in [0, 0.1) is 11.3 Å². The number of rotatable bonds is 7. The number of ether oxygens (including phenoxy) is 1. The lowest BCUT2D eigenvalue weighted by atomic mass is 9.78. The summed E-state index contributed by atoms with van der Waals surface area (Å²) >= 11 is 3.58. The minimum absolute atomic E-state index is 0.318. The molecule has 0 bridgehead atoms. The predicted octanol–water partition coefficient (Wildman–Crippen LogP) is 4.41. The maximum absolute atomic E-state index is 5.53. The van der Waals surface area contributed by atoms with E-state index in [1.807, 2.05) is 6.07 Å². The molecule has 112 valence electrons. The van der Waals surface area contributed by atoms with E-state index in [2.05, 4.69) is 54.2 Å². The third kappa shape index (κ3) is 3.98. The number of nitrogens with one attached hydrogen (secondary N) is 1. The maximum atomic E-state index is 5.53. The first-order valence-electron chi connectivity index (χ1n) is 7.50. The van der Waals surface area contributed by atoms with Gasteiger partial charge in [0.1, 0.15) is 5.75 Å². The summed E-state index contributed by atoms with van der Waals surface area (Å²) in [6, 6.07) is 6.85. The number of hydrogen-bond acceptors (Lipinski definition) is 2. The molecule has 1 aromatic carbocycles. The lowest BCUT2D eigenvalue weighted by Gasteiger charge is -2.32. The molecule has 1 atom stereocenters. The fourth-order valence-electron chi connectivity index (χ4n) is 2.89. The molecule has 0 saturated heterocycles. The average Bonchev–Trinajstić information content (AvgIpc) is 3.21. The molecular weight excluding hydrogens is 314 g/mol. The summed E-state index contributed by atoms with van der Waals surface area (Å²) in [7, 11) is 1.76. The van der Waals surface area contributed by atoms with Gasteiger partial charge >= 0.3 is 0 Å². The van der Waals surface area contributed by atoms with E-state index in [4.69, 9.17) is 4.74 Å². The summed E-state index contributed by atoms with van der Waals surface area (Å²) in [6.07, 6.45) is 3.80. The Kier molecular flexibility index (Phi) is 5.14.